The van der Waals surface area contributed by atoms with Crippen molar-refractivity contribution in [2.45, 2.75) is 26.7 Å². The Morgan fingerprint density at radius 3 is 2.25 bits per heavy atom. The van der Waals surface area contributed by atoms with Crippen LogP contribution in [0, 0.1) is 0 Å². The third kappa shape index (κ3) is 4.63. The summed E-state index contributed by atoms with van der Waals surface area (Å²) in [6, 6.07) is 7.71. The largest absolute Gasteiger partial charge is 0.368 e. The summed E-state index contributed by atoms with van der Waals surface area (Å²) in [6.45, 7) is 7.85. The van der Waals surface area contributed by atoms with E-state index in [0.29, 0.717) is 44.3 Å². The van der Waals surface area contributed by atoms with Gasteiger partial charge in [0.05, 0.1) is 0 Å². The minimum Gasteiger partial charge on any atom is -0.368 e. The number of hydrogen-bond acceptors (Lipinski definition) is 3. The Labute approximate surface area is 149 Å². The van der Waals surface area contributed by atoms with Crippen LogP contribution in [0.5, 0.6) is 0 Å². The molecular weight excluding hydrogens is 326 g/mol. The number of carbonyl (C=O) groups is 2. The van der Waals surface area contributed by atoms with E-state index in [0.717, 1.165) is 18.5 Å². The summed E-state index contributed by atoms with van der Waals surface area (Å²) in [7, 11) is 0. The fraction of sp³-hybridized carbons (Fsp3) is 0.556. The smallest absolute Gasteiger partial charge is 0.312 e. The first-order valence-electron chi connectivity index (χ1n) is 8.65. The first-order valence-corrected chi connectivity index (χ1v) is 9.03. The summed E-state index contributed by atoms with van der Waals surface area (Å²) >= 11 is 6.04. The van der Waals surface area contributed by atoms with Crippen molar-refractivity contribution in [3.8, 4) is 0 Å². The summed E-state index contributed by atoms with van der Waals surface area (Å²) in [5.41, 5.74) is 1.06. The molecule has 5 nitrogen and oxygen atoms in total. The average Bonchev–Trinajstić information content (AvgIpc) is 2.60. The maximum absolute atomic E-state index is 12.5. The van der Waals surface area contributed by atoms with Crippen LogP contribution >= 0.6 is 11.6 Å². The molecule has 0 aliphatic carbocycles. The molecule has 1 aliphatic rings. The van der Waals surface area contributed by atoms with E-state index in [9.17, 15) is 9.59 Å². The van der Waals surface area contributed by atoms with Crippen molar-refractivity contribution in [1.29, 1.82) is 0 Å². The van der Waals surface area contributed by atoms with Crippen LogP contribution in [0.2, 0.25) is 5.02 Å². The van der Waals surface area contributed by atoms with Gasteiger partial charge in [0.15, 0.2) is 0 Å². The van der Waals surface area contributed by atoms with Gasteiger partial charge in [0, 0.05) is 50.0 Å². The molecule has 24 heavy (non-hydrogen) atoms. The Morgan fingerprint density at radius 2 is 1.71 bits per heavy atom. The van der Waals surface area contributed by atoms with E-state index in [4.69, 9.17) is 11.6 Å². The first kappa shape index (κ1) is 18.6. The van der Waals surface area contributed by atoms with E-state index >= 15 is 0 Å². The molecule has 6 heteroatoms. The zero-order valence-corrected chi connectivity index (χ0v) is 15.3. The average molecular weight is 352 g/mol. The van der Waals surface area contributed by atoms with Gasteiger partial charge in [-0.25, -0.2) is 0 Å². The van der Waals surface area contributed by atoms with Crippen molar-refractivity contribution in [3.05, 3.63) is 29.3 Å². The van der Waals surface area contributed by atoms with Crippen molar-refractivity contribution < 1.29 is 9.59 Å². The number of benzene rings is 1. The molecule has 1 fully saturated rings. The standard InChI is InChI=1S/C18H26ClN3O2/c1-3-8-21(9-4-2)17(23)18(24)22-12-10-20(11-13-22)16-7-5-6-15(19)14-16/h5-7,14H,3-4,8-13H2,1-2H3. The quantitative estimate of drug-likeness (QED) is 0.766. The number of carbonyl (C=O) groups excluding carboxylic acids is 2. The predicted octanol–water partition coefficient (Wildman–Crippen LogP) is 2.64. The van der Waals surface area contributed by atoms with Crippen LogP contribution in [0.15, 0.2) is 24.3 Å². The van der Waals surface area contributed by atoms with E-state index in [-0.39, 0.29) is 11.8 Å². The summed E-state index contributed by atoms with van der Waals surface area (Å²) in [5.74, 6) is -0.738. The Morgan fingerprint density at radius 1 is 1.08 bits per heavy atom. The Hall–Kier alpha value is -1.75. The lowest BCUT2D eigenvalue weighted by Crippen LogP contribution is -2.53. The Balaban J connectivity index is 1.93. The van der Waals surface area contributed by atoms with E-state index in [1.807, 2.05) is 38.1 Å². The molecule has 0 aromatic heterocycles. The minimum atomic E-state index is -0.373. The Bertz CT molecular complexity index is 565. The second kappa shape index (κ2) is 8.92. The maximum atomic E-state index is 12.5. The van der Waals surface area contributed by atoms with Crippen LogP contribution in [-0.4, -0.2) is 60.9 Å². The van der Waals surface area contributed by atoms with Crippen LogP contribution in [0.3, 0.4) is 0 Å². The topological polar surface area (TPSA) is 43.9 Å². The van der Waals surface area contributed by atoms with Gasteiger partial charge in [0.2, 0.25) is 0 Å². The highest BCUT2D eigenvalue weighted by atomic mass is 35.5. The number of anilines is 1. The van der Waals surface area contributed by atoms with Gasteiger partial charge in [-0.1, -0.05) is 31.5 Å². The molecule has 0 unspecified atom stereocenters. The second-order valence-electron chi connectivity index (χ2n) is 6.05. The summed E-state index contributed by atoms with van der Waals surface area (Å²) in [4.78, 5) is 30.4. The molecule has 0 N–H and O–H groups in total. The van der Waals surface area contributed by atoms with Crippen molar-refractivity contribution in [2.75, 3.05) is 44.2 Å². The second-order valence-corrected chi connectivity index (χ2v) is 6.49. The molecule has 1 aromatic rings. The number of piperazine rings is 1. The minimum absolute atomic E-state index is 0.366. The van der Waals surface area contributed by atoms with Crippen molar-refractivity contribution in [2.24, 2.45) is 0 Å². The van der Waals surface area contributed by atoms with Crippen molar-refractivity contribution in [3.63, 3.8) is 0 Å². The van der Waals surface area contributed by atoms with E-state index in [1.54, 1.807) is 9.80 Å². The van der Waals surface area contributed by atoms with Gasteiger partial charge in [-0.15, -0.1) is 0 Å². The van der Waals surface area contributed by atoms with Gasteiger partial charge in [0.25, 0.3) is 0 Å². The molecule has 0 bridgehead atoms. The van der Waals surface area contributed by atoms with Crippen LogP contribution < -0.4 is 4.90 Å². The molecule has 132 valence electrons. The zero-order valence-electron chi connectivity index (χ0n) is 14.5. The first-order chi connectivity index (χ1) is 11.6. The van der Waals surface area contributed by atoms with Gasteiger partial charge in [0.1, 0.15) is 0 Å². The molecule has 0 saturated carbocycles. The monoisotopic (exact) mass is 351 g/mol. The number of amides is 2. The molecular formula is C18H26ClN3O2. The van der Waals surface area contributed by atoms with Crippen molar-refractivity contribution >= 4 is 29.1 Å². The lowest BCUT2D eigenvalue weighted by atomic mass is 10.2. The van der Waals surface area contributed by atoms with Gasteiger partial charge < -0.3 is 14.7 Å². The molecule has 0 atom stereocenters. The summed E-state index contributed by atoms with van der Waals surface area (Å²) < 4.78 is 0. The molecule has 1 saturated heterocycles. The van der Waals surface area contributed by atoms with Gasteiger partial charge >= 0.3 is 11.8 Å². The maximum Gasteiger partial charge on any atom is 0.312 e. The molecule has 2 amide bonds. The fourth-order valence-corrected chi connectivity index (χ4v) is 3.15. The van der Waals surface area contributed by atoms with Crippen LogP contribution in [0.25, 0.3) is 0 Å². The molecule has 1 heterocycles. The fourth-order valence-electron chi connectivity index (χ4n) is 2.97. The van der Waals surface area contributed by atoms with Crippen LogP contribution in [0.1, 0.15) is 26.7 Å². The number of nitrogens with zero attached hydrogens (tertiary/aromatic N) is 3. The molecule has 0 radical (unpaired) electrons. The van der Waals surface area contributed by atoms with Crippen LogP contribution in [0.4, 0.5) is 5.69 Å². The van der Waals surface area contributed by atoms with Crippen LogP contribution in [-0.2, 0) is 9.59 Å². The zero-order chi connectivity index (χ0) is 17.5. The normalized spacial score (nSPS) is 14.6. The number of hydrogen-bond donors (Lipinski definition) is 0. The third-order valence-electron chi connectivity index (χ3n) is 4.20. The predicted molar refractivity (Wildman–Crippen MR) is 97.4 cm³/mol. The van der Waals surface area contributed by atoms with Gasteiger partial charge in [-0.3, -0.25) is 9.59 Å². The highest BCUT2D eigenvalue weighted by molar-refractivity contribution is 6.35. The van der Waals surface area contributed by atoms with Gasteiger partial charge in [-0.2, -0.15) is 0 Å². The summed E-state index contributed by atoms with van der Waals surface area (Å²) in [6.07, 6.45) is 1.73. The highest BCUT2D eigenvalue weighted by Gasteiger charge is 2.29. The van der Waals surface area contributed by atoms with Gasteiger partial charge in [-0.05, 0) is 31.0 Å². The lowest BCUT2D eigenvalue weighted by molar-refractivity contribution is -0.152. The molecule has 2 rings (SSSR count). The third-order valence-corrected chi connectivity index (χ3v) is 4.43. The number of halogens is 1. The van der Waals surface area contributed by atoms with E-state index in [2.05, 4.69) is 4.90 Å². The molecule has 1 aliphatic heterocycles. The van der Waals surface area contributed by atoms with Crippen molar-refractivity contribution in [1.82, 2.24) is 9.80 Å². The number of rotatable bonds is 5. The SMILES string of the molecule is CCCN(CCC)C(=O)C(=O)N1CCN(c2cccc(Cl)c2)CC1. The molecule has 1 aromatic carbocycles. The van der Waals surface area contributed by atoms with E-state index in [1.165, 1.54) is 0 Å². The Kier molecular flexibility index (Phi) is 6.91. The van der Waals surface area contributed by atoms with E-state index < -0.39 is 0 Å². The highest BCUT2D eigenvalue weighted by Crippen LogP contribution is 2.20. The molecule has 0 spiro atoms. The summed E-state index contributed by atoms with van der Waals surface area (Å²) in [5, 5.41) is 0.705. The lowest BCUT2D eigenvalue weighted by Gasteiger charge is -2.36.